The van der Waals surface area contributed by atoms with Crippen molar-refractivity contribution in [3.05, 3.63) is 17.5 Å². The molecule has 1 aromatic rings. The summed E-state index contributed by atoms with van der Waals surface area (Å²) in [6, 6.07) is 1.55. The van der Waals surface area contributed by atoms with Gasteiger partial charge in [0.05, 0.1) is 5.69 Å². The lowest BCUT2D eigenvalue weighted by atomic mass is 10.1. The number of amidine groups is 1. The van der Waals surface area contributed by atoms with E-state index in [1.165, 1.54) is 4.68 Å². The first-order valence-electron chi connectivity index (χ1n) is 5.75. The number of carbonyl (C=O) groups is 1. The molecule has 0 bridgehead atoms. The first-order valence-corrected chi connectivity index (χ1v) is 5.75. The number of nitrogens with one attached hydrogen (secondary N) is 1. The summed E-state index contributed by atoms with van der Waals surface area (Å²) >= 11 is 0. The van der Waals surface area contributed by atoms with Crippen molar-refractivity contribution in [2.45, 2.75) is 32.7 Å². The molecule has 0 aliphatic carbocycles. The standard InChI is InChI=1S/C11H19N5O2/c1-4-8(6-10(12)15-18)13-11(17)9-5-7(2)14-16(9)3/h5,8,18H,4,6H2,1-3H3,(H2,12,15)(H,13,17). The Hall–Kier alpha value is -2.05. The molecule has 1 unspecified atom stereocenters. The van der Waals surface area contributed by atoms with Gasteiger partial charge in [0.2, 0.25) is 0 Å². The van der Waals surface area contributed by atoms with Crippen LogP contribution in [0.4, 0.5) is 0 Å². The van der Waals surface area contributed by atoms with Crippen LogP contribution in [-0.2, 0) is 7.05 Å². The normalized spacial score (nSPS) is 13.4. The summed E-state index contributed by atoms with van der Waals surface area (Å²) in [6.45, 7) is 3.74. The molecule has 0 spiro atoms. The van der Waals surface area contributed by atoms with Gasteiger partial charge in [-0.1, -0.05) is 12.1 Å². The van der Waals surface area contributed by atoms with E-state index < -0.39 is 0 Å². The predicted octanol–water partition coefficient (Wildman–Crippen LogP) is 0.373. The summed E-state index contributed by atoms with van der Waals surface area (Å²) in [5, 5.41) is 18.4. The molecule has 1 aromatic heterocycles. The van der Waals surface area contributed by atoms with Crippen molar-refractivity contribution in [3.8, 4) is 0 Å². The van der Waals surface area contributed by atoms with Crippen molar-refractivity contribution in [3.63, 3.8) is 0 Å². The Balaban J connectivity index is 2.71. The molecule has 1 heterocycles. The molecule has 100 valence electrons. The Kier molecular flexibility index (Phi) is 4.70. The number of amides is 1. The Morgan fingerprint density at radius 1 is 1.72 bits per heavy atom. The van der Waals surface area contributed by atoms with E-state index in [4.69, 9.17) is 10.9 Å². The highest BCUT2D eigenvalue weighted by molar-refractivity contribution is 5.93. The molecule has 1 amide bonds. The van der Waals surface area contributed by atoms with Gasteiger partial charge in [0, 0.05) is 19.5 Å². The molecule has 0 saturated heterocycles. The van der Waals surface area contributed by atoms with Crippen LogP contribution < -0.4 is 11.1 Å². The number of oxime groups is 1. The SMILES string of the molecule is CCC(CC(N)=NO)NC(=O)c1cc(C)nn1C. The van der Waals surface area contributed by atoms with Gasteiger partial charge in [-0.05, 0) is 19.4 Å². The minimum Gasteiger partial charge on any atom is -0.409 e. The Morgan fingerprint density at radius 2 is 2.39 bits per heavy atom. The minimum atomic E-state index is -0.212. The summed E-state index contributed by atoms with van der Waals surface area (Å²) in [4.78, 5) is 12.0. The minimum absolute atomic E-state index is 0.100. The van der Waals surface area contributed by atoms with Gasteiger partial charge in [-0.25, -0.2) is 0 Å². The molecule has 1 rings (SSSR count). The van der Waals surface area contributed by atoms with Gasteiger partial charge in [-0.15, -0.1) is 0 Å². The number of carbonyl (C=O) groups excluding carboxylic acids is 1. The van der Waals surface area contributed by atoms with Crippen LogP contribution in [0.25, 0.3) is 0 Å². The van der Waals surface area contributed by atoms with Gasteiger partial charge in [0.15, 0.2) is 0 Å². The number of aryl methyl sites for hydroxylation is 2. The lowest BCUT2D eigenvalue weighted by Crippen LogP contribution is -2.38. The van der Waals surface area contributed by atoms with Gasteiger partial charge >= 0.3 is 0 Å². The molecule has 0 aliphatic rings. The molecule has 1 atom stereocenters. The molecular weight excluding hydrogens is 234 g/mol. The van der Waals surface area contributed by atoms with Gasteiger partial charge in [-0.3, -0.25) is 9.48 Å². The monoisotopic (exact) mass is 253 g/mol. The van der Waals surface area contributed by atoms with E-state index in [0.717, 1.165) is 5.69 Å². The second-order valence-corrected chi connectivity index (χ2v) is 4.17. The number of nitrogens with zero attached hydrogens (tertiary/aromatic N) is 3. The molecule has 7 nitrogen and oxygen atoms in total. The molecular formula is C11H19N5O2. The maximum Gasteiger partial charge on any atom is 0.269 e. The van der Waals surface area contributed by atoms with Gasteiger partial charge in [0.1, 0.15) is 11.5 Å². The third-order valence-electron chi connectivity index (χ3n) is 2.65. The highest BCUT2D eigenvalue weighted by atomic mass is 16.4. The van der Waals surface area contributed by atoms with Crippen LogP contribution in [0.3, 0.4) is 0 Å². The molecule has 7 heteroatoms. The first kappa shape index (κ1) is 14.0. The predicted molar refractivity (Wildman–Crippen MR) is 67.5 cm³/mol. The van der Waals surface area contributed by atoms with Crippen LogP contribution in [0.15, 0.2) is 11.2 Å². The lowest BCUT2D eigenvalue weighted by Gasteiger charge is -2.15. The smallest absolute Gasteiger partial charge is 0.269 e. The molecule has 0 aliphatic heterocycles. The zero-order valence-electron chi connectivity index (χ0n) is 10.8. The second kappa shape index (κ2) is 6.04. The molecule has 4 N–H and O–H groups in total. The van der Waals surface area contributed by atoms with E-state index in [-0.39, 0.29) is 17.8 Å². The number of hydrogen-bond acceptors (Lipinski definition) is 4. The van der Waals surface area contributed by atoms with Crippen molar-refractivity contribution >= 4 is 11.7 Å². The number of rotatable bonds is 5. The Morgan fingerprint density at radius 3 is 2.83 bits per heavy atom. The van der Waals surface area contributed by atoms with E-state index in [9.17, 15) is 4.79 Å². The topological polar surface area (TPSA) is 106 Å². The molecule has 0 aromatic carbocycles. The third-order valence-corrected chi connectivity index (χ3v) is 2.65. The van der Waals surface area contributed by atoms with Crippen molar-refractivity contribution in [2.24, 2.45) is 17.9 Å². The zero-order valence-corrected chi connectivity index (χ0v) is 10.8. The number of aromatic nitrogens is 2. The van der Waals surface area contributed by atoms with Crippen molar-refractivity contribution in [1.29, 1.82) is 0 Å². The van der Waals surface area contributed by atoms with Gasteiger partial charge < -0.3 is 16.3 Å². The molecule has 0 saturated carbocycles. The van der Waals surface area contributed by atoms with E-state index in [0.29, 0.717) is 18.5 Å². The summed E-state index contributed by atoms with van der Waals surface area (Å²) in [5.41, 5.74) is 6.70. The van der Waals surface area contributed by atoms with Crippen LogP contribution >= 0.6 is 0 Å². The van der Waals surface area contributed by atoms with Gasteiger partial charge in [-0.2, -0.15) is 5.10 Å². The summed E-state index contributed by atoms with van der Waals surface area (Å²) < 4.78 is 1.53. The van der Waals surface area contributed by atoms with Gasteiger partial charge in [0.25, 0.3) is 5.91 Å². The second-order valence-electron chi connectivity index (χ2n) is 4.17. The zero-order chi connectivity index (χ0) is 13.7. The highest BCUT2D eigenvalue weighted by Gasteiger charge is 2.16. The lowest BCUT2D eigenvalue weighted by molar-refractivity contribution is 0.0927. The largest absolute Gasteiger partial charge is 0.409 e. The summed E-state index contributed by atoms with van der Waals surface area (Å²) in [7, 11) is 1.71. The quantitative estimate of drug-likeness (QED) is 0.305. The van der Waals surface area contributed by atoms with Crippen LogP contribution in [0, 0.1) is 6.92 Å². The first-order chi connectivity index (χ1) is 8.47. The number of hydrogen-bond donors (Lipinski definition) is 3. The fourth-order valence-electron chi connectivity index (χ4n) is 1.67. The Bertz CT molecular complexity index is 452. The number of nitrogens with two attached hydrogens (primary N) is 1. The van der Waals surface area contributed by atoms with Crippen molar-refractivity contribution < 1.29 is 10.0 Å². The fourth-order valence-corrected chi connectivity index (χ4v) is 1.67. The van der Waals surface area contributed by atoms with Crippen molar-refractivity contribution in [1.82, 2.24) is 15.1 Å². The van der Waals surface area contributed by atoms with Crippen LogP contribution in [0.5, 0.6) is 0 Å². The molecule has 0 radical (unpaired) electrons. The average molecular weight is 253 g/mol. The highest BCUT2D eigenvalue weighted by Crippen LogP contribution is 2.04. The van der Waals surface area contributed by atoms with Crippen LogP contribution in [-0.4, -0.2) is 32.8 Å². The van der Waals surface area contributed by atoms with Crippen molar-refractivity contribution in [2.75, 3.05) is 0 Å². The van der Waals surface area contributed by atoms with E-state index >= 15 is 0 Å². The molecule has 0 fully saturated rings. The van der Waals surface area contributed by atoms with E-state index in [2.05, 4.69) is 15.6 Å². The summed E-state index contributed by atoms with van der Waals surface area (Å²) in [5.74, 6) is -0.112. The average Bonchev–Trinajstić information content (AvgIpc) is 2.67. The summed E-state index contributed by atoms with van der Waals surface area (Å²) in [6.07, 6.45) is 1.01. The van der Waals surface area contributed by atoms with Crippen LogP contribution in [0.2, 0.25) is 0 Å². The van der Waals surface area contributed by atoms with E-state index in [1.807, 2.05) is 13.8 Å². The maximum atomic E-state index is 12.0. The van der Waals surface area contributed by atoms with E-state index in [1.54, 1.807) is 13.1 Å². The van der Waals surface area contributed by atoms with Crippen LogP contribution in [0.1, 0.15) is 35.9 Å². The fraction of sp³-hybridized carbons (Fsp3) is 0.545. The third kappa shape index (κ3) is 3.47. The maximum absolute atomic E-state index is 12.0. The Labute approximate surface area is 106 Å². The molecule has 18 heavy (non-hydrogen) atoms.